The summed E-state index contributed by atoms with van der Waals surface area (Å²) in [6.45, 7) is -0.0393. The predicted octanol–water partition coefficient (Wildman–Crippen LogP) is 2.41. The van der Waals surface area contributed by atoms with Crippen LogP contribution in [0.1, 0.15) is 12.0 Å². The smallest absolute Gasteiger partial charge is 0.419 e. The summed E-state index contributed by atoms with van der Waals surface area (Å²) < 4.78 is 42.4. The van der Waals surface area contributed by atoms with E-state index in [0.29, 0.717) is 0 Å². The first-order valence-corrected chi connectivity index (χ1v) is 4.53. The van der Waals surface area contributed by atoms with Crippen LogP contribution < -0.4 is 10.5 Å². The number of hydrogen-bond donors (Lipinski definition) is 2. The number of ether oxygens (including phenoxy) is 1. The van der Waals surface area contributed by atoms with Crippen LogP contribution in [-0.2, 0) is 6.18 Å². The first-order chi connectivity index (χ1) is 7.41. The predicted molar refractivity (Wildman–Crippen MR) is 53.5 cm³/mol. The van der Waals surface area contributed by atoms with Gasteiger partial charge in [0.05, 0.1) is 18.0 Å². The van der Waals surface area contributed by atoms with Crippen molar-refractivity contribution in [3.05, 3.63) is 29.8 Å². The first-order valence-electron chi connectivity index (χ1n) is 4.53. The fraction of sp³-hybridized carbons (Fsp3) is 0.300. The highest BCUT2D eigenvalue weighted by molar-refractivity contribution is 5.76. The molecule has 0 saturated carbocycles. The van der Waals surface area contributed by atoms with Crippen LogP contribution in [0.2, 0.25) is 0 Å². The molecule has 6 heteroatoms. The number of nitrogens with one attached hydrogen (secondary N) is 1. The van der Waals surface area contributed by atoms with Gasteiger partial charge in [0.2, 0.25) is 0 Å². The standard InChI is InChI=1S/C10H11F3N2O/c11-10(12,13)7-3-1-2-4-8(7)16-6-5-9(14)15/h1-4H,5-6H2,(H3,14,15). The van der Waals surface area contributed by atoms with Gasteiger partial charge in [-0.25, -0.2) is 0 Å². The SMILES string of the molecule is N=C(N)CCOc1ccccc1C(F)(F)F. The van der Waals surface area contributed by atoms with E-state index in [2.05, 4.69) is 0 Å². The highest BCUT2D eigenvalue weighted by Gasteiger charge is 2.33. The molecule has 1 rings (SSSR count). The fourth-order valence-electron chi connectivity index (χ4n) is 1.10. The number of benzene rings is 1. The Morgan fingerprint density at radius 3 is 2.50 bits per heavy atom. The molecule has 1 aromatic rings. The number of para-hydroxylation sites is 1. The lowest BCUT2D eigenvalue weighted by Crippen LogP contribution is -2.15. The number of rotatable bonds is 4. The monoisotopic (exact) mass is 232 g/mol. The van der Waals surface area contributed by atoms with Gasteiger partial charge < -0.3 is 10.5 Å². The zero-order valence-electron chi connectivity index (χ0n) is 8.34. The van der Waals surface area contributed by atoms with Gasteiger partial charge in [0.15, 0.2) is 0 Å². The van der Waals surface area contributed by atoms with E-state index in [4.69, 9.17) is 15.9 Å². The molecule has 0 spiro atoms. The highest BCUT2D eigenvalue weighted by atomic mass is 19.4. The summed E-state index contributed by atoms with van der Waals surface area (Å²) in [4.78, 5) is 0. The lowest BCUT2D eigenvalue weighted by atomic mass is 10.2. The molecular weight excluding hydrogens is 221 g/mol. The van der Waals surface area contributed by atoms with Crippen LogP contribution in [0.15, 0.2) is 24.3 Å². The van der Waals surface area contributed by atoms with Crippen LogP contribution in [0, 0.1) is 5.41 Å². The molecule has 0 aliphatic carbocycles. The van der Waals surface area contributed by atoms with E-state index in [0.717, 1.165) is 6.07 Å². The molecule has 0 atom stereocenters. The number of amidine groups is 1. The van der Waals surface area contributed by atoms with Gasteiger partial charge in [0.1, 0.15) is 5.75 Å². The van der Waals surface area contributed by atoms with Gasteiger partial charge in [-0.1, -0.05) is 12.1 Å². The van der Waals surface area contributed by atoms with Gasteiger partial charge in [0, 0.05) is 6.42 Å². The van der Waals surface area contributed by atoms with Crippen molar-refractivity contribution >= 4 is 5.84 Å². The molecule has 88 valence electrons. The Morgan fingerprint density at radius 2 is 1.94 bits per heavy atom. The Kier molecular flexibility index (Phi) is 3.76. The molecule has 0 heterocycles. The average Bonchev–Trinajstić information content (AvgIpc) is 2.16. The molecule has 3 nitrogen and oxygen atoms in total. The van der Waals surface area contributed by atoms with E-state index >= 15 is 0 Å². The molecule has 0 fully saturated rings. The third-order valence-corrected chi connectivity index (χ3v) is 1.82. The number of halogens is 3. The van der Waals surface area contributed by atoms with Crippen LogP contribution in [0.3, 0.4) is 0 Å². The third kappa shape index (κ3) is 3.45. The fourth-order valence-corrected chi connectivity index (χ4v) is 1.10. The van der Waals surface area contributed by atoms with Crippen LogP contribution in [0.5, 0.6) is 5.75 Å². The summed E-state index contributed by atoms with van der Waals surface area (Å²) in [5, 5.41) is 6.91. The lowest BCUT2D eigenvalue weighted by Gasteiger charge is -2.13. The minimum absolute atomic E-state index is 0.0393. The van der Waals surface area contributed by atoms with Crippen molar-refractivity contribution in [2.75, 3.05) is 6.61 Å². The van der Waals surface area contributed by atoms with Crippen LogP contribution in [0.25, 0.3) is 0 Å². The van der Waals surface area contributed by atoms with E-state index in [1.54, 1.807) is 0 Å². The molecule has 0 amide bonds. The topological polar surface area (TPSA) is 59.1 Å². The van der Waals surface area contributed by atoms with E-state index in [1.807, 2.05) is 0 Å². The Morgan fingerprint density at radius 1 is 1.31 bits per heavy atom. The molecule has 0 saturated heterocycles. The highest BCUT2D eigenvalue weighted by Crippen LogP contribution is 2.35. The number of alkyl halides is 3. The molecule has 1 aromatic carbocycles. The summed E-state index contributed by atoms with van der Waals surface area (Å²) in [6, 6.07) is 4.94. The minimum Gasteiger partial charge on any atom is -0.492 e. The lowest BCUT2D eigenvalue weighted by molar-refractivity contribution is -0.138. The van der Waals surface area contributed by atoms with Gasteiger partial charge in [0.25, 0.3) is 0 Å². The minimum atomic E-state index is -4.44. The van der Waals surface area contributed by atoms with Gasteiger partial charge in [-0.15, -0.1) is 0 Å². The van der Waals surface area contributed by atoms with Crippen LogP contribution in [0.4, 0.5) is 13.2 Å². The van der Waals surface area contributed by atoms with Gasteiger partial charge in [-0.2, -0.15) is 13.2 Å². The Hall–Kier alpha value is -1.72. The third-order valence-electron chi connectivity index (χ3n) is 1.82. The summed E-state index contributed by atoms with van der Waals surface area (Å²) in [5.41, 5.74) is 4.24. The second kappa shape index (κ2) is 4.87. The van der Waals surface area contributed by atoms with Crippen LogP contribution in [-0.4, -0.2) is 12.4 Å². The molecule has 0 aliphatic heterocycles. The molecule has 0 aliphatic rings. The van der Waals surface area contributed by atoms with Crippen molar-refractivity contribution in [3.63, 3.8) is 0 Å². The van der Waals surface area contributed by atoms with Gasteiger partial charge in [-0.05, 0) is 12.1 Å². The molecule has 3 N–H and O–H groups in total. The quantitative estimate of drug-likeness (QED) is 0.618. The van der Waals surface area contributed by atoms with Crippen molar-refractivity contribution in [2.24, 2.45) is 5.73 Å². The van der Waals surface area contributed by atoms with E-state index < -0.39 is 11.7 Å². The largest absolute Gasteiger partial charge is 0.492 e. The van der Waals surface area contributed by atoms with Crippen molar-refractivity contribution < 1.29 is 17.9 Å². The molecule has 0 bridgehead atoms. The Bertz CT molecular complexity index is 377. The van der Waals surface area contributed by atoms with Gasteiger partial charge >= 0.3 is 6.18 Å². The maximum atomic E-state index is 12.5. The van der Waals surface area contributed by atoms with Crippen molar-refractivity contribution in [1.82, 2.24) is 0 Å². The molecule has 0 unspecified atom stereocenters. The zero-order chi connectivity index (χ0) is 12.2. The number of nitrogens with two attached hydrogens (primary N) is 1. The summed E-state index contributed by atoms with van der Waals surface area (Å²) in [6.07, 6.45) is -4.33. The van der Waals surface area contributed by atoms with Gasteiger partial charge in [-0.3, -0.25) is 5.41 Å². The van der Waals surface area contributed by atoms with E-state index in [1.165, 1.54) is 18.2 Å². The molecule has 16 heavy (non-hydrogen) atoms. The van der Waals surface area contributed by atoms with E-state index in [-0.39, 0.29) is 24.6 Å². The van der Waals surface area contributed by atoms with E-state index in [9.17, 15) is 13.2 Å². The normalized spacial score (nSPS) is 11.2. The molecule has 0 radical (unpaired) electrons. The second-order valence-electron chi connectivity index (χ2n) is 3.12. The van der Waals surface area contributed by atoms with Crippen LogP contribution >= 0.6 is 0 Å². The number of hydrogen-bond acceptors (Lipinski definition) is 2. The second-order valence-corrected chi connectivity index (χ2v) is 3.12. The zero-order valence-corrected chi connectivity index (χ0v) is 8.34. The van der Waals surface area contributed by atoms with Crippen molar-refractivity contribution in [1.29, 1.82) is 5.41 Å². The maximum absolute atomic E-state index is 12.5. The summed E-state index contributed by atoms with van der Waals surface area (Å²) in [7, 11) is 0. The summed E-state index contributed by atoms with van der Waals surface area (Å²) >= 11 is 0. The first kappa shape index (κ1) is 12.4. The average molecular weight is 232 g/mol. The van der Waals surface area contributed by atoms with Crippen molar-refractivity contribution in [2.45, 2.75) is 12.6 Å². The summed E-state index contributed by atoms with van der Waals surface area (Å²) in [5.74, 6) is -0.360. The van der Waals surface area contributed by atoms with Crippen molar-refractivity contribution in [3.8, 4) is 5.75 Å². The molecule has 0 aromatic heterocycles. The Labute approximate surface area is 90.5 Å². The maximum Gasteiger partial charge on any atom is 0.419 e. The molecular formula is C10H11F3N2O. The Balaban J connectivity index is 2.76.